The van der Waals surface area contributed by atoms with E-state index in [0.717, 1.165) is 90.0 Å². The highest BCUT2D eigenvalue weighted by Gasteiger charge is 2.53. The van der Waals surface area contributed by atoms with Crippen molar-refractivity contribution in [1.82, 2.24) is 15.1 Å². The molecule has 1 aliphatic carbocycles. The number of rotatable bonds is 9. The number of hydrogen-bond acceptors (Lipinski definition) is 6. The van der Waals surface area contributed by atoms with E-state index in [1.54, 1.807) is 12.1 Å². The van der Waals surface area contributed by atoms with Crippen LogP contribution in [0.3, 0.4) is 0 Å². The maximum atomic E-state index is 14.9. The molecule has 1 saturated carbocycles. The Hall–Kier alpha value is -3.15. The molecule has 6 rings (SSSR count). The highest BCUT2D eigenvalue weighted by atomic mass is 19.1. The first-order chi connectivity index (χ1) is 20.5. The van der Waals surface area contributed by atoms with Gasteiger partial charge in [-0.2, -0.15) is 5.26 Å². The smallest absolute Gasteiger partial charge is 0.407 e. The highest BCUT2D eigenvalue weighted by molar-refractivity contribution is 5.67. The molecule has 1 amide bonds. The Morgan fingerprint density at radius 2 is 1.79 bits per heavy atom. The lowest BCUT2D eigenvalue weighted by Gasteiger charge is -2.54. The largest absolute Gasteiger partial charge is 0.453 e. The van der Waals surface area contributed by atoms with Gasteiger partial charge in [0.1, 0.15) is 5.82 Å². The summed E-state index contributed by atoms with van der Waals surface area (Å²) in [7, 11) is 1.43. The van der Waals surface area contributed by atoms with Crippen molar-refractivity contribution in [2.24, 2.45) is 17.8 Å². The molecular weight excluding hydrogens is 529 g/mol. The summed E-state index contributed by atoms with van der Waals surface area (Å²) in [5.74, 6) is 1.13. The van der Waals surface area contributed by atoms with E-state index in [1.165, 1.54) is 19.2 Å². The van der Waals surface area contributed by atoms with Gasteiger partial charge in [-0.3, -0.25) is 0 Å². The van der Waals surface area contributed by atoms with Crippen LogP contribution >= 0.6 is 0 Å². The standard InChI is InChI=1S/C34H44FN5O2/c1-42-33(41)37-32-8-3-7-31(32)34(24-39-15-4-16-39,28-5-2-6-29(35)19-28)27-13-17-38(18-14-27)21-26-22-40(23-26)30-11-9-25(20-36)10-12-30/h2,5-6,9-12,19,26-27,31-32H,3-4,7-8,13-18,21-24H2,1H3,(H,37,41)/t31-,32-,34?/m0/s1. The molecule has 2 aromatic rings. The first kappa shape index (κ1) is 28.9. The summed E-state index contributed by atoms with van der Waals surface area (Å²) >= 11 is 0. The van der Waals surface area contributed by atoms with Gasteiger partial charge in [-0.25, -0.2) is 9.18 Å². The van der Waals surface area contributed by atoms with Gasteiger partial charge >= 0.3 is 6.09 Å². The number of ether oxygens (including phenoxy) is 1. The first-order valence-corrected chi connectivity index (χ1v) is 15.8. The molecule has 8 heteroatoms. The average Bonchev–Trinajstić information content (AvgIpc) is 3.43. The summed E-state index contributed by atoms with van der Waals surface area (Å²) in [5.41, 5.74) is 2.78. The van der Waals surface area contributed by atoms with Gasteiger partial charge < -0.3 is 24.8 Å². The van der Waals surface area contributed by atoms with E-state index in [0.29, 0.717) is 17.4 Å². The van der Waals surface area contributed by atoms with E-state index in [1.807, 2.05) is 18.2 Å². The number of hydrogen-bond donors (Lipinski definition) is 1. The lowest BCUT2D eigenvalue weighted by Crippen LogP contribution is -2.60. The summed E-state index contributed by atoms with van der Waals surface area (Å²) in [5, 5.41) is 12.3. The molecule has 3 aliphatic heterocycles. The maximum absolute atomic E-state index is 14.9. The highest BCUT2D eigenvalue weighted by Crippen LogP contribution is 2.51. The number of halogens is 1. The number of nitrogens with zero attached hydrogens (tertiary/aromatic N) is 4. The van der Waals surface area contributed by atoms with Gasteiger partial charge in [-0.1, -0.05) is 18.6 Å². The number of amides is 1. The van der Waals surface area contributed by atoms with Crippen LogP contribution in [-0.4, -0.2) is 81.4 Å². The molecule has 0 bridgehead atoms. The molecule has 4 fully saturated rings. The zero-order chi connectivity index (χ0) is 29.1. The zero-order valence-electron chi connectivity index (χ0n) is 24.8. The van der Waals surface area contributed by atoms with Crippen molar-refractivity contribution in [1.29, 1.82) is 5.26 Å². The van der Waals surface area contributed by atoms with Crippen LogP contribution < -0.4 is 10.2 Å². The van der Waals surface area contributed by atoms with Gasteiger partial charge in [0, 0.05) is 49.2 Å². The summed E-state index contributed by atoms with van der Waals surface area (Å²) in [6, 6.07) is 17.5. The second kappa shape index (κ2) is 12.6. The first-order valence-electron chi connectivity index (χ1n) is 15.8. The summed E-state index contributed by atoms with van der Waals surface area (Å²) in [6.45, 7) is 8.42. The Bertz CT molecular complexity index is 1260. The monoisotopic (exact) mass is 573 g/mol. The molecule has 1 N–H and O–H groups in total. The zero-order valence-corrected chi connectivity index (χ0v) is 24.8. The van der Waals surface area contributed by atoms with E-state index in [2.05, 4.69) is 44.3 Å². The molecule has 0 radical (unpaired) electrons. The number of likely N-dealkylation sites (tertiary alicyclic amines) is 2. The second-order valence-electron chi connectivity index (χ2n) is 13.0. The van der Waals surface area contributed by atoms with Crippen molar-refractivity contribution in [3.8, 4) is 6.07 Å². The molecule has 2 aromatic carbocycles. The Balaban J connectivity index is 1.17. The quantitative estimate of drug-likeness (QED) is 0.455. The molecule has 1 unspecified atom stereocenters. The molecule has 3 saturated heterocycles. The van der Waals surface area contributed by atoms with Gasteiger partial charge in [0.25, 0.3) is 0 Å². The Morgan fingerprint density at radius 3 is 2.43 bits per heavy atom. The third-order valence-corrected chi connectivity index (χ3v) is 10.6. The fraction of sp³-hybridized carbons (Fsp3) is 0.588. The molecule has 4 aliphatic rings. The fourth-order valence-electron chi connectivity index (χ4n) is 8.38. The minimum Gasteiger partial charge on any atom is -0.453 e. The van der Waals surface area contributed by atoms with Crippen LogP contribution in [-0.2, 0) is 10.2 Å². The van der Waals surface area contributed by atoms with Crippen molar-refractivity contribution in [3.05, 3.63) is 65.5 Å². The van der Waals surface area contributed by atoms with Gasteiger partial charge in [0.2, 0.25) is 0 Å². The van der Waals surface area contributed by atoms with Gasteiger partial charge in [-0.15, -0.1) is 0 Å². The Morgan fingerprint density at radius 1 is 1.02 bits per heavy atom. The third-order valence-electron chi connectivity index (χ3n) is 10.6. The second-order valence-corrected chi connectivity index (χ2v) is 13.0. The van der Waals surface area contributed by atoms with Gasteiger partial charge in [0.15, 0.2) is 0 Å². The van der Waals surface area contributed by atoms with Crippen molar-refractivity contribution >= 4 is 11.8 Å². The van der Waals surface area contributed by atoms with E-state index >= 15 is 0 Å². The molecule has 224 valence electrons. The van der Waals surface area contributed by atoms with Crippen molar-refractivity contribution < 1.29 is 13.9 Å². The molecule has 0 spiro atoms. The summed E-state index contributed by atoms with van der Waals surface area (Å²) < 4.78 is 19.9. The maximum Gasteiger partial charge on any atom is 0.407 e. The van der Waals surface area contributed by atoms with E-state index in [4.69, 9.17) is 10.00 Å². The van der Waals surface area contributed by atoms with Crippen molar-refractivity contribution in [2.75, 3.05) is 64.4 Å². The van der Waals surface area contributed by atoms with E-state index in [9.17, 15) is 9.18 Å². The van der Waals surface area contributed by atoms with Crippen molar-refractivity contribution in [2.45, 2.75) is 50.0 Å². The number of piperidine rings is 1. The third kappa shape index (κ3) is 5.87. The van der Waals surface area contributed by atoms with Crippen LogP contribution in [0.15, 0.2) is 48.5 Å². The minimum absolute atomic E-state index is 0.0307. The van der Waals surface area contributed by atoms with Crippen LogP contribution in [0.5, 0.6) is 0 Å². The number of alkyl carbamates (subject to hydrolysis) is 1. The molecule has 42 heavy (non-hydrogen) atoms. The topological polar surface area (TPSA) is 71.8 Å². The summed E-state index contributed by atoms with van der Waals surface area (Å²) in [4.78, 5) is 20.0. The fourth-order valence-corrected chi connectivity index (χ4v) is 8.38. The normalized spacial score (nSPS) is 25.2. The molecule has 3 heterocycles. The lowest BCUT2D eigenvalue weighted by atomic mass is 9.57. The van der Waals surface area contributed by atoms with Crippen LogP contribution in [0.25, 0.3) is 0 Å². The number of anilines is 1. The molecule has 3 atom stereocenters. The van der Waals surface area contributed by atoms with E-state index < -0.39 is 0 Å². The minimum atomic E-state index is -0.366. The van der Waals surface area contributed by atoms with Crippen LogP contribution in [0.4, 0.5) is 14.9 Å². The molecule has 7 nitrogen and oxygen atoms in total. The summed E-state index contributed by atoms with van der Waals surface area (Å²) in [6.07, 6.45) is 6.05. The average molecular weight is 574 g/mol. The Labute approximate surface area is 249 Å². The predicted molar refractivity (Wildman–Crippen MR) is 162 cm³/mol. The number of nitriles is 1. The van der Waals surface area contributed by atoms with Crippen LogP contribution in [0, 0.1) is 34.9 Å². The molecule has 0 aromatic heterocycles. The van der Waals surface area contributed by atoms with Crippen LogP contribution in [0.2, 0.25) is 0 Å². The van der Waals surface area contributed by atoms with E-state index in [-0.39, 0.29) is 29.3 Å². The van der Waals surface area contributed by atoms with Crippen LogP contribution in [0.1, 0.15) is 49.7 Å². The van der Waals surface area contributed by atoms with Gasteiger partial charge in [0.05, 0.1) is 18.7 Å². The van der Waals surface area contributed by atoms with Gasteiger partial charge in [-0.05, 0) is 112 Å². The van der Waals surface area contributed by atoms with Crippen molar-refractivity contribution in [3.63, 3.8) is 0 Å². The predicted octanol–water partition coefficient (Wildman–Crippen LogP) is 5.01. The number of carbonyl (C=O) groups excluding carboxylic acids is 1. The molecular formula is C34H44FN5O2. The Kier molecular flexibility index (Phi) is 8.69. The SMILES string of the molecule is COC(=O)N[C@H]1CCC[C@@H]1C(CN1CCC1)(c1cccc(F)c1)C1CCN(CC2CN(c3ccc(C#N)cc3)C2)CC1. The number of nitrogens with one attached hydrogen (secondary N) is 1. The number of benzene rings is 2. The number of methoxy groups -OCH3 is 1. The lowest BCUT2D eigenvalue weighted by molar-refractivity contribution is 0.0223. The number of carbonyl (C=O) groups is 1.